The molecule has 5 heteroatoms. The SMILES string of the molecule is Cc1cc(C)c(Cn2c[n+]3c(n2)-c2ccccc2CC3(C)C)c(C)c1.O.[Cl-]. The maximum absolute atomic E-state index is 4.97. The number of hydrogen-bond acceptors (Lipinski definition) is 1. The molecule has 0 saturated heterocycles. The van der Waals surface area contributed by atoms with Gasteiger partial charge in [0.2, 0.25) is 6.33 Å². The lowest BCUT2D eigenvalue weighted by atomic mass is 9.87. The van der Waals surface area contributed by atoms with E-state index in [1.807, 2.05) is 0 Å². The minimum Gasteiger partial charge on any atom is -1.00 e. The average Bonchev–Trinajstić information content (AvgIpc) is 2.96. The molecule has 0 bridgehead atoms. The molecule has 1 aromatic heterocycles. The second-order valence-corrected chi connectivity index (χ2v) is 8.03. The van der Waals surface area contributed by atoms with Crippen LogP contribution in [0.1, 0.15) is 41.7 Å². The van der Waals surface area contributed by atoms with E-state index in [1.54, 1.807) is 0 Å². The number of nitrogens with zero attached hydrogens (tertiary/aromatic N) is 3. The fourth-order valence-corrected chi connectivity index (χ4v) is 4.15. The molecule has 1 aliphatic heterocycles. The number of fused-ring (bicyclic) bond motifs is 3. The summed E-state index contributed by atoms with van der Waals surface area (Å²) in [6, 6.07) is 13.2. The summed E-state index contributed by atoms with van der Waals surface area (Å²) in [5.74, 6) is 1.08. The quantitative estimate of drug-likeness (QED) is 0.585. The Bertz CT molecular complexity index is 952. The third-order valence-corrected chi connectivity index (χ3v) is 5.39. The summed E-state index contributed by atoms with van der Waals surface area (Å²) in [5, 5.41) is 4.97. The van der Waals surface area contributed by atoms with E-state index in [0.29, 0.717) is 0 Å². The molecule has 2 N–H and O–H groups in total. The molecule has 0 radical (unpaired) electrons. The van der Waals surface area contributed by atoms with Crippen LogP contribution in [0, 0.1) is 20.8 Å². The van der Waals surface area contributed by atoms with Gasteiger partial charge in [-0.25, -0.2) is 4.57 Å². The number of aryl methyl sites for hydroxylation is 3. The Hall–Kier alpha value is -2.17. The fraction of sp³-hybridized carbons (Fsp3) is 0.364. The Morgan fingerprint density at radius 2 is 1.70 bits per heavy atom. The van der Waals surface area contributed by atoms with Crippen LogP contribution < -0.4 is 17.0 Å². The summed E-state index contributed by atoms with van der Waals surface area (Å²) in [7, 11) is 0. The van der Waals surface area contributed by atoms with Gasteiger partial charge in [-0.05, 0) is 62.9 Å². The zero-order chi connectivity index (χ0) is 17.8. The number of rotatable bonds is 2. The van der Waals surface area contributed by atoms with Gasteiger partial charge in [0.05, 0.1) is 11.1 Å². The van der Waals surface area contributed by atoms with Crippen molar-refractivity contribution >= 4 is 0 Å². The third-order valence-electron chi connectivity index (χ3n) is 5.39. The van der Waals surface area contributed by atoms with E-state index in [-0.39, 0.29) is 23.4 Å². The first-order chi connectivity index (χ1) is 11.8. The lowest BCUT2D eigenvalue weighted by Gasteiger charge is -2.28. The molecule has 2 aromatic carbocycles. The summed E-state index contributed by atoms with van der Waals surface area (Å²) in [5.41, 5.74) is 8.07. The van der Waals surface area contributed by atoms with Gasteiger partial charge >= 0.3 is 5.82 Å². The highest BCUT2D eigenvalue weighted by Crippen LogP contribution is 2.30. The maximum Gasteiger partial charge on any atom is 0.309 e. The van der Waals surface area contributed by atoms with Gasteiger partial charge in [0.1, 0.15) is 6.54 Å². The van der Waals surface area contributed by atoms with Crippen LogP contribution in [-0.4, -0.2) is 15.3 Å². The van der Waals surface area contributed by atoms with Gasteiger partial charge < -0.3 is 17.9 Å². The van der Waals surface area contributed by atoms with Crippen molar-refractivity contribution in [2.24, 2.45) is 0 Å². The Balaban J connectivity index is 0.00000131. The van der Waals surface area contributed by atoms with E-state index in [9.17, 15) is 0 Å². The summed E-state index contributed by atoms with van der Waals surface area (Å²) in [6.45, 7) is 12.0. The van der Waals surface area contributed by atoms with Gasteiger partial charge in [-0.1, -0.05) is 35.9 Å². The molecule has 4 nitrogen and oxygen atoms in total. The highest BCUT2D eigenvalue weighted by atomic mass is 35.5. The van der Waals surface area contributed by atoms with Crippen LogP contribution in [0.3, 0.4) is 0 Å². The molecule has 144 valence electrons. The van der Waals surface area contributed by atoms with Gasteiger partial charge in [-0.3, -0.25) is 0 Å². The molecule has 2 heterocycles. The Morgan fingerprint density at radius 1 is 1.07 bits per heavy atom. The van der Waals surface area contributed by atoms with Gasteiger partial charge in [-0.2, -0.15) is 0 Å². The van der Waals surface area contributed by atoms with Crippen molar-refractivity contribution in [1.29, 1.82) is 0 Å². The normalized spacial score (nSPS) is 13.8. The largest absolute Gasteiger partial charge is 1.00 e. The molecule has 0 saturated carbocycles. The third kappa shape index (κ3) is 3.64. The van der Waals surface area contributed by atoms with Crippen molar-refractivity contribution in [3.63, 3.8) is 0 Å². The second kappa shape index (κ2) is 7.45. The summed E-state index contributed by atoms with van der Waals surface area (Å²) >= 11 is 0. The molecule has 4 rings (SSSR count). The number of benzene rings is 2. The zero-order valence-electron chi connectivity index (χ0n) is 16.7. The highest BCUT2D eigenvalue weighted by Gasteiger charge is 2.37. The lowest BCUT2D eigenvalue weighted by molar-refractivity contribution is -0.750. The predicted octanol–water partition coefficient (Wildman–Crippen LogP) is 0.282. The Kier molecular flexibility index (Phi) is 5.83. The summed E-state index contributed by atoms with van der Waals surface area (Å²) in [6.07, 6.45) is 3.22. The smallest absolute Gasteiger partial charge is 0.309 e. The first kappa shape index (κ1) is 21.1. The Morgan fingerprint density at radius 3 is 2.37 bits per heavy atom. The van der Waals surface area contributed by atoms with E-state index in [1.165, 1.54) is 33.4 Å². The van der Waals surface area contributed by atoms with Crippen LogP contribution in [0.15, 0.2) is 42.7 Å². The molecule has 0 spiro atoms. The standard InChI is InChI=1S/C22H26N3.ClH.H2O/c1-15-10-16(2)20(17(3)11-15)13-24-14-25-21(23-24)19-9-7-6-8-18(19)12-22(25,4)5;;/h6-11,14H,12-13H2,1-5H3;1H;1H2/q+1;;/p-1. The summed E-state index contributed by atoms with van der Waals surface area (Å²) in [4.78, 5) is 0. The van der Waals surface area contributed by atoms with Crippen molar-refractivity contribution in [2.75, 3.05) is 0 Å². The van der Waals surface area contributed by atoms with Crippen molar-refractivity contribution in [3.8, 4) is 11.4 Å². The van der Waals surface area contributed by atoms with Gasteiger partial charge in [0, 0.05) is 11.5 Å². The number of hydrogen-bond donors (Lipinski definition) is 0. The van der Waals surface area contributed by atoms with E-state index >= 15 is 0 Å². The number of halogens is 1. The highest BCUT2D eigenvalue weighted by molar-refractivity contribution is 5.59. The molecular formula is C22H28ClN3O. The van der Waals surface area contributed by atoms with Crippen LogP contribution in [-0.2, 0) is 18.5 Å². The molecule has 0 aliphatic carbocycles. The molecule has 3 aromatic rings. The van der Waals surface area contributed by atoms with E-state index in [0.717, 1.165) is 18.8 Å². The second-order valence-electron chi connectivity index (χ2n) is 8.03. The summed E-state index contributed by atoms with van der Waals surface area (Å²) < 4.78 is 4.44. The Labute approximate surface area is 167 Å². The first-order valence-corrected chi connectivity index (χ1v) is 9.00. The van der Waals surface area contributed by atoms with Gasteiger partial charge in [0.25, 0.3) is 0 Å². The van der Waals surface area contributed by atoms with Gasteiger partial charge in [-0.15, -0.1) is 4.68 Å². The number of aromatic nitrogens is 3. The van der Waals surface area contributed by atoms with Crippen molar-refractivity contribution in [1.82, 2.24) is 9.78 Å². The van der Waals surface area contributed by atoms with Crippen LogP contribution in [0.2, 0.25) is 0 Å². The van der Waals surface area contributed by atoms with Crippen molar-refractivity contribution in [2.45, 2.75) is 53.1 Å². The molecule has 0 unspecified atom stereocenters. The monoisotopic (exact) mass is 385 g/mol. The van der Waals surface area contributed by atoms with Crippen LogP contribution >= 0.6 is 0 Å². The van der Waals surface area contributed by atoms with Crippen LogP contribution in [0.4, 0.5) is 0 Å². The molecule has 0 atom stereocenters. The minimum absolute atomic E-state index is 0. The average molecular weight is 386 g/mol. The molecule has 27 heavy (non-hydrogen) atoms. The van der Waals surface area contributed by atoms with E-state index in [4.69, 9.17) is 5.10 Å². The van der Waals surface area contributed by atoms with Crippen LogP contribution in [0.5, 0.6) is 0 Å². The predicted molar refractivity (Wildman–Crippen MR) is 104 cm³/mol. The zero-order valence-corrected chi connectivity index (χ0v) is 17.4. The van der Waals surface area contributed by atoms with Gasteiger partial charge in [0.15, 0.2) is 0 Å². The lowest BCUT2D eigenvalue weighted by Crippen LogP contribution is -3.00. The maximum atomic E-state index is 4.97. The minimum atomic E-state index is 0. The van der Waals surface area contributed by atoms with Crippen LogP contribution in [0.25, 0.3) is 11.4 Å². The molecule has 1 aliphatic rings. The fourth-order valence-electron chi connectivity index (χ4n) is 4.15. The topological polar surface area (TPSA) is 53.2 Å². The van der Waals surface area contributed by atoms with Crippen molar-refractivity contribution < 1.29 is 22.5 Å². The molecule has 0 amide bonds. The first-order valence-electron chi connectivity index (χ1n) is 9.00. The molecular weight excluding hydrogens is 358 g/mol. The molecule has 0 fully saturated rings. The van der Waals surface area contributed by atoms with E-state index in [2.05, 4.69) is 86.6 Å². The van der Waals surface area contributed by atoms with Crippen molar-refractivity contribution in [3.05, 3.63) is 70.5 Å². The van der Waals surface area contributed by atoms with E-state index < -0.39 is 0 Å².